The molecule has 3 aliphatic rings. The molecule has 0 saturated heterocycles. The molecule has 0 aromatic heterocycles. The first-order chi connectivity index (χ1) is 9.90. The quantitative estimate of drug-likeness (QED) is 0.471. The molecular weight excluding hydrogens is 256 g/mol. The normalized spacial score (nSPS) is 46.6. The van der Waals surface area contributed by atoms with Gasteiger partial charge in [-0.05, 0) is 62.2 Å². The summed E-state index contributed by atoms with van der Waals surface area (Å²) in [5, 5.41) is 0. The fraction of sp³-hybridized carbons (Fsp3) is 0.750. The second-order valence-electron chi connectivity index (χ2n) is 8.34. The van der Waals surface area contributed by atoms with Gasteiger partial charge < -0.3 is 4.79 Å². The molecule has 0 bridgehead atoms. The Hall–Kier alpha value is -0.850. The highest BCUT2D eigenvalue weighted by molar-refractivity contribution is 5.60. The van der Waals surface area contributed by atoms with Crippen LogP contribution in [0.25, 0.3) is 0 Å². The second kappa shape index (κ2) is 5.11. The molecule has 0 unspecified atom stereocenters. The van der Waals surface area contributed by atoms with Gasteiger partial charge in [-0.25, -0.2) is 0 Å². The Bertz CT molecular complexity index is 500. The molecule has 2 fully saturated rings. The Morgan fingerprint density at radius 2 is 2.05 bits per heavy atom. The zero-order valence-corrected chi connectivity index (χ0v) is 14.1. The molecule has 116 valence electrons. The van der Waals surface area contributed by atoms with E-state index in [-0.39, 0.29) is 5.41 Å². The van der Waals surface area contributed by atoms with E-state index in [4.69, 9.17) is 0 Å². The first kappa shape index (κ1) is 15.1. The summed E-state index contributed by atoms with van der Waals surface area (Å²) in [6, 6.07) is 0. The summed E-state index contributed by atoms with van der Waals surface area (Å²) in [7, 11) is 0. The first-order valence-electron chi connectivity index (χ1n) is 8.74. The molecule has 0 radical (unpaired) electrons. The number of rotatable bonds is 1. The van der Waals surface area contributed by atoms with Crippen LogP contribution in [0.5, 0.6) is 0 Å². The zero-order chi connectivity index (χ0) is 15.3. The Morgan fingerprint density at radius 3 is 2.76 bits per heavy atom. The van der Waals surface area contributed by atoms with Gasteiger partial charge in [-0.15, -0.1) is 0 Å². The molecule has 21 heavy (non-hydrogen) atoms. The molecule has 0 amide bonds. The van der Waals surface area contributed by atoms with Crippen molar-refractivity contribution in [2.45, 2.75) is 66.2 Å². The summed E-state index contributed by atoms with van der Waals surface area (Å²) in [4.78, 5) is 11.8. The molecule has 0 spiro atoms. The predicted molar refractivity (Wildman–Crippen MR) is 88.0 cm³/mol. The smallest absolute Gasteiger partial charge is 0.126 e. The minimum Gasteiger partial charge on any atom is -0.303 e. The maximum absolute atomic E-state index is 11.8. The van der Waals surface area contributed by atoms with Gasteiger partial charge in [0.1, 0.15) is 6.29 Å². The largest absolute Gasteiger partial charge is 0.303 e. The van der Waals surface area contributed by atoms with Crippen LogP contribution in [0.15, 0.2) is 23.3 Å². The standard InChI is InChI=1S/C20H30O/c1-14-6-8-17-16(12-15(14)2)7-9-18-19(3,13-21)10-5-11-20(17,18)4/h6,12-13,15,17-18H,5,7-11H2,1-4H3/t15-,17-,18+,19-,20+/m0/s1. The van der Waals surface area contributed by atoms with Crippen molar-refractivity contribution in [2.24, 2.45) is 28.6 Å². The van der Waals surface area contributed by atoms with Crippen LogP contribution in [0.2, 0.25) is 0 Å². The third-order valence-corrected chi connectivity index (χ3v) is 7.12. The van der Waals surface area contributed by atoms with Crippen LogP contribution in [0.1, 0.15) is 66.2 Å². The SMILES string of the molecule is CC1=CC[C@H]2C(=C[C@@H]1C)CC[C@H]1[C@]2(C)CCC[C@@]1(C)C=O. The van der Waals surface area contributed by atoms with Gasteiger partial charge in [0.2, 0.25) is 0 Å². The number of allylic oxidation sites excluding steroid dienone is 4. The lowest BCUT2D eigenvalue weighted by Gasteiger charge is -2.57. The Morgan fingerprint density at radius 1 is 1.29 bits per heavy atom. The van der Waals surface area contributed by atoms with Crippen molar-refractivity contribution in [1.29, 1.82) is 0 Å². The average Bonchev–Trinajstić information content (AvgIpc) is 2.59. The van der Waals surface area contributed by atoms with E-state index in [1.807, 2.05) is 0 Å². The fourth-order valence-electron chi connectivity index (χ4n) is 5.64. The van der Waals surface area contributed by atoms with E-state index in [1.165, 1.54) is 44.0 Å². The van der Waals surface area contributed by atoms with E-state index < -0.39 is 0 Å². The lowest BCUT2D eigenvalue weighted by molar-refractivity contribution is -0.130. The third kappa shape index (κ3) is 2.24. The van der Waals surface area contributed by atoms with E-state index in [1.54, 1.807) is 5.57 Å². The van der Waals surface area contributed by atoms with Gasteiger partial charge in [0.15, 0.2) is 0 Å². The molecule has 0 aliphatic heterocycles. The van der Waals surface area contributed by atoms with Crippen LogP contribution in [-0.2, 0) is 4.79 Å². The fourth-order valence-corrected chi connectivity index (χ4v) is 5.64. The van der Waals surface area contributed by atoms with Crippen LogP contribution >= 0.6 is 0 Å². The molecular formula is C20H30O. The number of hydrogen-bond acceptors (Lipinski definition) is 1. The van der Waals surface area contributed by atoms with Crippen molar-refractivity contribution in [3.63, 3.8) is 0 Å². The van der Waals surface area contributed by atoms with Crippen molar-refractivity contribution in [2.75, 3.05) is 0 Å². The lowest BCUT2D eigenvalue weighted by Crippen LogP contribution is -2.51. The first-order valence-corrected chi connectivity index (χ1v) is 8.74. The van der Waals surface area contributed by atoms with E-state index in [2.05, 4.69) is 39.8 Å². The molecule has 3 aliphatic carbocycles. The molecule has 0 heterocycles. The maximum atomic E-state index is 11.8. The second-order valence-corrected chi connectivity index (χ2v) is 8.34. The van der Waals surface area contributed by atoms with Gasteiger partial charge in [-0.1, -0.05) is 50.5 Å². The van der Waals surface area contributed by atoms with E-state index in [0.717, 1.165) is 6.42 Å². The summed E-state index contributed by atoms with van der Waals surface area (Å²) >= 11 is 0. The number of carbonyl (C=O) groups excluding carboxylic acids is 1. The molecule has 1 nitrogen and oxygen atoms in total. The maximum Gasteiger partial charge on any atom is 0.126 e. The monoisotopic (exact) mass is 286 g/mol. The molecule has 0 aromatic carbocycles. The predicted octanol–water partition coefficient (Wildman–Crippen LogP) is 5.32. The van der Waals surface area contributed by atoms with E-state index >= 15 is 0 Å². The highest BCUT2D eigenvalue weighted by Crippen LogP contribution is 2.61. The van der Waals surface area contributed by atoms with Crippen molar-refractivity contribution >= 4 is 6.29 Å². The zero-order valence-electron chi connectivity index (χ0n) is 14.1. The molecule has 0 aromatic rings. The molecule has 5 atom stereocenters. The molecule has 0 N–H and O–H groups in total. The van der Waals surface area contributed by atoms with Gasteiger partial charge in [0.05, 0.1) is 0 Å². The molecule has 3 rings (SSSR count). The third-order valence-electron chi connectivity index (χ3n) is 7.12. The number of aldehydes is 1. The summed E-state index contributed by atoms with van der Waals surface area (Å²) in [6.45, 7) is 9.30. The molecule has 2 saturated carbocycles. The summed E-state index contributed by atoms with van der Waals surface area (Å²) in [6.07, 6.45) is 13.5. The van der Waals surface area contributed by atoms with Gasteiger partial charge in [0.25, 0.3) is 0 Å². The van der Waals surface area contributed by atoms with E-state index in [9.17, 15) is 4.79 Å². The minimum atomic E-state index is -0.0881. The Labute approximate surface area is 129 Å². The van der Waals surface area contributed by atoms with Crippen molar-refractivity contribution in [3.8, 4) is 0 Å². The van der Waals surface area contributed by atoms with Crippen LogP contribution in [0, 0.1) is 28.6 Å². The lowest BCUT2D eigenvalue weighted by atomic mass is 9.47. The van der Waals surface area contributed by atoms with Gasteiger partial charge >= 0.3 is 0 Å². The van der Waals surface area contributed by atoms with Crippen LogP contribution in [-0.4, -0.2) is 6.29 Å². The molecule has 1 heteroatoms. The van der Waals surface area contributed by atoms with Gasteiger partial charge in [-0.3, -0.25) is 0 Å². The van der Waals surface area contributed by atoms with Crippen LogP contribution < -0.4 is 0 Å². The van der Waals surface area contributed by atoms with E-state index in [0.29, 0.717) is 23.2 Å². The highest BCUT2D eigenvalue weighted by Gasteiger charge is 2.54. The Kier molecular flexibility index (Phi) is 3.66. The summed E-state index contributed by atoms with van der Waals surface area (Å²) in [5.41, 5.74) is 3.43. The van der Waals surface area contributed by atoms with Gasteiger partial charge in [0, 0.05) is 5.41 Å². The van der Waals surface area contributed by atoms with Crippen molar-refractivity contribution in [3.05, 3.63) is 23.3 Å². The summed E-state index contributed by atoms with van der Waals surface area (Å²) in [5.74, 6) is 1.82. The number of hydrogen-bond donors (Lipinski definition) is 0. The number of fused-ring (bicyclic) bond motifs is 3. The van der Waals surface area contributed by atoms with Crippen molar-refractivity contribution < 1.29 is 4.79 Å². The van der Waals surface area contributed by atoms with Crippen LogP contribution in [0.3, 0.4) is 0 Å². The topological polar surface area (TPSA) is 17.1 Å². The minimum absolute atomic E-state index is 0.0881. The Balaban J connectivity index is 2.01. The number of carbonyl (C=O) groups is 1. The average molecular weight is 286 g/mol. The van der Waals surface area contributed by atoms with Crippen LogP contribution in [0.4, 0.5) is 0 Å². The van der Waals surface area contributed by atoms with Gasteiger partial charge in [-0.2, -0.15) is 0 Å². The highest BCUT2D eigenvalue weighted by atomic mass is 16.1. The summed E-state index contributed by atoms with van der Waals surface area (Å²) < 4.78 is 0. The van der Waals surface area contributed by atoms with Crippen molar-refractivity contribution in [1.82, 2.24) is 0 Å².